The van der Waals surface area contributed by atoms with Gasteiger partial charge in [0.05, 0.1) is 17.7 Å². The van der Waals surface area contributed by atoms with Crippen LogP contribution in [0.15, 0.2) is 78.4 Å². The Labute approximate surface area is 199 Å². The van der Waals surface area contributed by atoms with E-state index >= 15 is 0 Å². The Morgan fingerprint density at radius 1 is 1.00 bits per heavy atom. The molecule has 1 saturated heterocycles. The number of anilines is 1. The minimum atomic E-state index is -1.01. The minimum absolute atomic E-state index is 0.0459. The lowest BCUT2D eigenvalue weighted by Crippen LogP contribution is -2.54. The Balaban J connectivity index is 1.70. The maximum Gasteiger partial charge on any atom is 0.335 e. The van der Waals surface area contributed by atoms with E-state index in [1.807, 2.05) is 30.3 Å². The number of hydrogen-bond donors (Lipinski definition) is 1. The van der Waals surface area contributed by atoms with E-state index in [0.29, 0.717) is 22.0 Å². The van der Waals surface area contributed by atoms with Crippen molar-refractivity contribution in [3.05, 3.63) is 99.6 Å². The van der Waals surface area contributed by atoms with Crippen molar-refractivity contribution in [2.24, 2.45) is 0 Å². The maximum absolute atomic E-state index is 13.2. The number of urea groups is 1. The van der Waals surface area contributed by atoms with Gasteiger partial charge in [-0.3, -0.25) is 25.0 Å². The summed E-state index contributed by atoms with van der Waals surface area (Å²) < 4.78 is 11.2. The fourth-order valence-corrected chi connectivity index (χ4v) is 3.41. The normalized spacial score (nSPS) is 14.6. The second-order valence-corrected chi connectivity index (χ2v) is 7.41. The number of nitro groups is 1. The lowest BCUT2D eigenvalue weighted by Gasteiger charge is -2.26. The number of carbonyl (C=O) groups is 3. The number of benzene rings is 3. The second-order valence-electron chi connectivity index (χ2n) is 7.41. The van der Waals surface area contributed by atoms with Gasteiger partial charge in [-0.05, 0) is 29.8 Å². The van der Waals surface area contributed by atoms with Crippen molar-refractivity contribution in [2.45, 2.75) is 6.61 Å². The number of carbonyl (C=O) groups excluding carboxylic acids is 3. The smallest absolute Gasteiger partial charge is 0.335 e. The van der Waals surface area contributed by atoms with Gasteiger partial charge in [-0.25, -0.2) is 9.69 Å². The SMILES string of the molecule is COc1ccc(/C=C2\C(=O)NC(=O)N(c3cccc([N+](=O)[O-])c3)C2=O)c(OCc2ccccc2)c1. The summed E-state index contributed by atoms with van der Waals surface area (Å²) in [4.78, 5) is 49.3. The molecular formula is C25H19N3O7. The van der Waals surface area contributed by atoms with Crippen molar-refractivity contribution >= 4 is 35.3 Å². The number of nitrogens with zero attached hydrogens (tertiary/aromatic N) is 2. The van der Waals surface area contributed by atoms with Crippen LogP contribution in [-0.2, 0) is 16.2 Å². The molecule has 0 bridgehead atoms. The van der Waals surface area contributed by atoms with Gasteiger partial charge < -0.3 is 9.47 Å². The standard InChI is InChI=1S/C25H19N3O7/c1-34-20-11-10-17(22(14-20)35-15-16-6-3-2-4-7-16)12-21-23(29)26-25(31)27(24(21)30)18-8-5-9-19(13-18)28(32)33/h2-14H,15H2,1H3,(H,26,29,31)/b21-12+. The van der Waals surface area contributed by atoms with Crippen LogP contribution >= 0.6 is 0 Å². The van der Waals surface area contributed by atoms with E-state index < -0.39 is 22.8 Å². The number of non-ortho nitro benzene ring substituents is 1. The van der Waals surface area contributed by atoms with Crippen molar-refractivity contribution in [3.8, 4) is 11.5 Å². The lowest BCUT2D eigenvalue weighted by atomic mass is 10.1. The van der Waals surface area contributed by atoms with Gasteiger partial charge in [0.25, 0.3) is 17.5 Å². The number of methoxy groups -OCH3 is 1. The Kier molecular flexibility index (Phi) is 6.54. The monoisotopic (exact) mass is 473 g/mol. The van der Waals surface area contributed by atoms with Crippen LogP contribution in [0.1, 0.15) is 11.1 Å². The zero-order valence-corrected chi connectivity index (χ0v) is 18.5. The van der Waals surface area contributed by atoms with Gasteiger partial charge in [0.2, 0.25) is 0 Å². The van der Waals surface area contributed by atoms with Crippen LogP contribution in [-0.4, -0.2) is 29.9 Å². The molecule has 176 valence electrons. The van der Waals surface area contributed by atoms with E-state index in [-0.39, 0.29) is 23.6 Å². The first-order valence-corrected chi connectivity index (χ1v) is 10.4. The van der Waals surface area contributed by atoms with Gasteiger partial charge in [0.15, 0.2) is 0 Å². The first-order chi connectivity index (χ1) is 16.9. The molecule has 1 fully saturated rings. The molecule has 1 heterocycles. The van der Waals surface area contributed by atoms with Crippen LogP contribution in [0.5, 0.6) is 11.5 Å². The fourth-order valence-electron chi connectivity index (χ4n) is 3.41. The summed E-state index contributed by atoms with van der Waals surface area (Å²) in [5.41, 5.74) is 0.606. The zero-order valence-electron chi connectivity index (χ0n) is 18.5. The first kappa shape index (κ1) is 23.2. The summed E-state index contributed by atoms with van der Waals surface area (Å²) in [6, 6.07) is 18.3. The molecule has 0 unspecified atom stereocenters. The van der Waals surface area contributed by atoms with Crippen LogP contribution in [0, 0.1) is 10.1 Å². The quantitative estimate of drug-likeness (QED) is 0.239. The Morgan fingerprint density at radius 2 is 1.77 bits per heavy atom. The van der Waals surface area contributed by atoms with Crippen molar-refractivity contribution in [1.82, 2.24) is 5.32 Å². The van der Waals surface area contributed by atoms with Crippen LogP contribution in [0.25, 0.3) is 6.08 Å². The highest BCUT2D eigenvalue weighted by Gasteiger charge is 2.37. The zero-order chi connectivity index (χ0) is 24.9. The highest BCUT2D eigenvalue weighted by Crippen LogP contribution is 2.30. The molecule has 10 heteroatoms. The fraction of sp³-hybridized carbons (Fsp3) is 0.0800. The molecule has 0 saturated carbocycles. The number of barbiturate groups is 1. The molecule has 0 atom stereocenters. The van der Waals surface area contributed by atoms with Gasteiger partial charge in [-0.1, -0.05) is 36.4 Å². The molecule has 4 amide bonds. The Morgan fingerprint density at radius 3 is 2.49 bits per heavy atom. The lowest BCUT2D eigenvalue weighted by molar-refractivity contribution is -0.384. The average Bonchev–Trinajstić information content (AvgIpc) is 2.86. The number of hydrogen-bond acceptors (Lipinski definition) is 7. The predicted molar refractivity (Wildman–Crippen MR) is 126 cm³/mol. The molecular weight excluding hydrogens is 454 g/mol. The summed E-state index contributed by atoms with van der Waals surface area (Å²) in [7, 11) is 1.50. The number of amides is 4. The van der Waals surface area contributed by atoms with E-state index in [0.717, 1.165) is 11.6 Å². The molecule has 4 rings (SSSR count). The predicted octanol–water partition coefficient (Wildman–Crippen LogP) is 3.85. The molecule has 0 spiro atoms. The van der Waals surface area contributed by atoms with Gasteiger partial charge in [-0.15, -0.1) is 0 Å². The molecule has 1 aliphatic rings. The average molecular weight is 473 g/mol. The third-order valence-corrected chi connectivity index (χ3v) is 5.16. The molecule has 0 radical (unpaired) electrons. The third kappa shape index (κ3) is 5.01. The van der Waals surface area contributed by atoms with Crippen LogP contribution in [0.2, 0.25) is 0 Å². The highest BCUT2D eigenvalue weighted by atomic mass is 16.6. The van der Waals surface area contributed by atoms with Gasteiger partial charge in [-0.2, -0.15) is 0 Å². The van der Waals surface area contributed by atoms with E-state index in [1.54, 1.807) is 18.2 Å². The first-order valence-electron chi connectivity index (χ1n) is 10.4. The van der Waals surface area contributed by atoms with Crippen LogP contribution in [0.4, 0.5) is 16.2 Å². The number of nitro benzene ring substituents is 1. The largest absolute Gasteiger partial charge is 0.497 e. The van der Waals surface area contributed by atoms with Crippen LogP contribution < -0.4 is 19.7 Å². The maximum atomic E-state index is 13.2. The number of rotatable bonds is 7. The Hall–Kier alpha value is -4.99. The summed E-state index contributed by atoms with van der Waals surface area (Å²) >= 11 is 0. The van der Waals surface area contributed by atoms with Crippen molar-refractivity contribution in [2.75, 3.05) is 12.0 Å². The van der Waals surface area contributed by atoms with Gasteiger partial charge in [0.1, 0.15) is 23.7 Å². The molecule has 0 aliphatic carbocycles. The number of ether oxygens (including phenoxy) is 2. The van der Waals surface area contributed by atoms with E-state index in [9.17, 15) is 24.5 Å². The third-order valence-electron chi connectivity index (χ3n) is 5.16. The number of imide groups is 2. The minimum Gasteiger partial charge on any atom is -0.497 e. The highest BCUT2D eigenvalue weighted by molar-refractivity contribution is 6.39. The van der Waals surface area contributed by atoms with E-state index in [1.165, 1.54) is 31.4 Å². The van der Waals surface area contributed by atoms with Crippen LogP contribution in [0.3, 0.4) is 0 Å². The molecule has 0 aromatic heterocycles. The topological polar surface area (TPSA) is 128 Å². The van der Waals surface area contributed by atoms with Gasteiger partial charge >= 0.3 is 6.03 Å². The summed E-state index contributed by atoms with van der Waals surface area (Å²) in [6.45, 7) is 0.225. The van der Waals surface area contributed by atoms with E-state index in [4.69, 9.17) is 9.47 Å². The second kappa shape index (κ2) is 9.87. The summed E-state index contributed by atoms with van der Waals surface area (Å²) in [5.74, 6) is -0.973. The molecule has 3 aromatic carbocycles. The molecule has 35 heavy (non-hydrogen) atoms. The number of nitrogens with one attached hydrogen (secondary N) is 1. The van der Waals surface area contributed by atoms with Crippen molar-refractivity contribution in [1.29, 1.82) is 0 Å². The molecule has 10 nitrogen and oxygen atoms in total. The van der Waals surface area contributed by atoms with Crippen molar-refractivity contribution in [3.63, 3.8) is 0 Å². The molecule has 3 aromatic rings. The Bertz CT molecular complexity index is 1350. The molecule has 1 N–H and O–H groups in total. The summed E-state index contributed by atoms with van der Waals surface area (Å²) in [5, 5.41) is 13.2. The van der Waals surface area contributed by atoms with Crippen molar-refractivity contribution < 1.29 is 28.8 Å². The molecule has 1 aliphatic heterocycles. The van der Waals surface area contributed by atoms with E-state index in [2.05, 4.69) is 5.32 Å². The van der Waals surface area contributed by atoms with Gasteiger partial charge in [0, 0.05) is 23.8 Å². The summed E-state index contributed by atoms with van der Waals surface area (Å²) in [6.07, 6.45) is 1.30.